The Morgan fingerprint density at radius 3 is 2.73 bits per heavy atom. The van der Waals surface area contributed by atoms with Crippen molar-refractivity contribution >= 4 is 5.97 Å². The lowest BCUT2D eigenvalue weighted by molar-refractivity contribution is -0.135. The van der Waals surface area contributed by atoms with E-state index in [0.29, 0.717) is 30.1 Å². The molecule has 0 saturated heterocycles. The highest BCUT2D eigenvalue weighted by molar-refractivity contribution is 5.95. The molecule has 1 aromatic carbocycles. The fraction of sp³-hybridized carbons (Fsp3) is 0.353. The van der Waals surface area contributed by atoms with Gasteiger partial charge in [-0.1, -0.05) is 25.1 Å². The Morgan fingerprint density at radius 1 is 1.27 bits per heavy atom. The summed E-state index contributed by atoms with van der Waals surface area (Å²) in [4.78, 5) is 11.6. The van der Waals surface area contributed by atoms with Gasteiger partial charge in [0.15, 0.2) is 11.5 Å². The van der Waals surface area contributed by atoms with Crippen LogP contribution < -0.4 is 9.47 Å². The van der Waals surface area contributed by atoms with E-state index in [9.17, 15) is 9.90 Å². The quantitative estimate of drug-likeness (QED) is 0.869. The molecule has 1 N–H and O–H groups in total. The normalized spacial score (nSPS) is 23.3. The van der Waals surface area contributed by atoms with E-state index < -0.39 is 5.41 Å². The summed E-state index contributed by atoms with van der Waals surface area (Å²) in [5.74, 6) is 0.577. The highest BCUT2D eigenvalue weighted by Gasteiger charge is 2.37. The Labute approximate surface area is 128 Å². The van der Waals surface area contributed by atoms with Crippen molar-refractivity contribution in [3.63, 3.8) is 0 Å². The Bertz CT molecular complexity index is 701. The number of aromatic hydroxyl groups is 1. The number of carbonyl (C=O) groups excluding carboxylic acids is 1. The molecular formula is C17H18O5. The number of cyclic esters (lactones) is 1. The number of ether oxygens (including phenoxy) is 3. The second-order valence-electron chi connectivity index (χ2n) is 5.72. The predicted molar refractivity (Wildman–Crippen MR) is 80.3 cm³/mol. The van der Waals surface area contributed by atoms with Gasteiger partial charge in [-0.05, 0) is 18.1 Å². The van der Waals surface area contributed by atoms with Gasteiger partial charge in [0.25, 0.3) is 0 Å². The van der Waals surface area contributed by atoms with Crippen LogP contribution in [-0.2, 0) is 14.9 Å². The van der Waals surface area contributed by atoms with E-state index in [-0.39, 0.29) is 11.7 Å². The molecule has 3 rings (SSSR count). The van der Waals surface area contributed by atoms with Gasteiger partial charge in [-0.2, -0.15) is 0 Å². The fourth-order valence-corrected chi connectivity index (χ4v) is 3.11. The Kier molecular flexibility index (Phi) is 3.35. The largest absolute Gasteiger partial charge is 0.504 e. The van der Waals surface area contributed by atoms with Crippen LogP contribution in [0.1, 0.15) is 18.9 Å². The molecule has 5 heteroatoms. The van der Waals surface area contributed by atoms with Crippen LogP contribution in [0.4, 0.5) is 0 Å². The number of allylic oxidation sites excluding steroid dienone is 1. The number of hydrogen-bond donors (Lipinski definition) is 1. The fourth-order valence-electron chi connectivity index (χ4n) is 3.11. The van der Waals surface area contributed by atoms with Gasteiger partial charge in [-0.3, -0.25) is 0 Å². The van der Waals surface area contributed by atoms with Crippen LogP contribution in [0, 0.1) is 0 Å². The minimum absolute atomic E-state index is 0.0586. The van der Waals surface area contributed by atoms with Gasteiger partial charge in [-0.15, -0.1) is 0 Å². The van der Waals surface area contributed by atoms with Gasteiger partial charge in [0.05, 0.1) is 19.8 Å². The summed E-state index contributed by atoms with van der Waals surface area (Å²) in [5, 5.41) is 10.6. The van der Waals surface area contributed by atoms with Gasteiger partial charge < -0.3 is 19.3 Å². The first kappa shape index (κ1) is 14.5. The highest BCUT2D eigenvalue weighted by Crippen LogP contribution is 2.48. The molecule has 1 unspecified atom stereocenters. The number of benzene rings is 1. The van der Waals surface area contributed by atoms with Gasteiger partial charge in [0.1, 0.15) is 6.61 Å². The summed E-state index contributed by atoms with van der Waals surface area (Å²) in [6, 6.07) is 3.59. The number of hydrogen-bond acceptors (Lipinski definition) is 5. The second-order valence-corrected chi connectivity index (χ2v) is 5.72. The molecule has 5 nitrogen and oxygen atoms in total. The van der Waals surface area contributed by atoms with E-state index >= 15 is 0 Å². The summed E-state index contributed by atoms with van der Waals surface area (Å²) >= 11 is 0. The summed E-state index contributed by atoms with van der Waals surface area (Å²) in [5.41, 5.74) is 1.89. The van der Waals surface area contributed by atoms with Crippen LogP contribution in [0.25, 0.3) is 0 Å². The lowest BCUT2D eigenvalue weighted by atomic mass is 9.73. The zero-order valence-electron chi connectivity index (χ0n) is 12.8. The zero-order chi connectivity index (χ0) is 15.9. The lowest BCUT2D eigenvalue weighted by Crippen LogP contribution is -2.23. The molecule has 1 aromatic rings. The molecule has 0 radical (unpaired) electrons. The Balaban J connectivity index is 2.04. The van der Waals surface area contributed by atoms with Gasteiger partial charge in [0, 0.05) is 11.0 Å². The molecule has 0 fully saturated rings. The average molecular weight is 302 g/mol. The van der Waals surface area contributed by atoms with Gasteiger partial charge in [0.2, 0.25) is 5.75 Å². The summed E-state index contributed by atoms with van der Waals surface area (Å²) < 4.78 is 15.5. The van der Waals surface area contributed by atoms with Crippen molar-refractivity contribution in [2.45, 2.75) is 18.8 Å². The van der Waals surface area contributed by atoms with Crippen LogP contribution in [-0.4, -0.2) is 31.9 Å². The topological polar surface area (TPSA) is 65.0 Å². The molecule has 22 heavy (non-hydrogen) atoms. The third-order valence-corrected chi connectivity index (χ3v) is 4.31. The molecule has 116 valence electrons. The van der Waals surface area contributed by atoms with Crippen molar-refractivity contribution in [1.29, 1.82) is 0 Å². The number of rotatable bonds is 3. The minimum Gasteiger partial charge on any atom is -0.504 e. The number of methoxy groups -OCH3 is 2. The van der Waals surface area contributed by atoms with Crippen LogP contribution >= 0.6 is 0 Å². The van der Waals surface area contributed by atoms with Gasteiger partial charge >= 0.3 is 5.97 Å². The number of esters is 1. The minimum atomic E-state index is -0.434. The van der Waals surface area contributed by atoms with Crippen molar-refractivity contribution in [3.05, 3.63) is 41.0 Å². The summed E-state index contributed by atoms with van der Waals surface area (Å²) in [6.07, 6.45) is 4.33. The smallest absolute Gasteiger partial charge is 0.338 e. The van der Waals surface area contributed by atoms with Crippen molar-refractivity contribution in [3.8, 4) is 17.2 Å². The average Bonchev–Trinajstić information content (AvgIpc) is 2.86. The number of phenols is 1. The number of phenolic OH excluding ortho intramolecular Hbond substituents is 1. The summed E-state index contributed by atoms with van der Waals surface area (Å²) in [7, 11) is 3.02. The SMILES string of the molecule is COc1ccc(C2(C)C=CC3=C(COC3=O)C2)c(O)c1OC. The molecule has 1 heterocycles. The maximum absolute atomic E-state index is 11.6. The zero-order valence-corrected chi connectivity index (χ0v) is 12.8. The molecule has 0 bridgehead atoms. The van der Waals surface area contributed by atoms with Crippen LogP contribution in [0.15, 0.2) is 35.4 Å². The van der Waals surface area contributed by atoms with Crippen LogP contribution in [0.5, 0.6) is 17.2 Å². The van der Waals surface area contributed by atoms with Crippen molar-refractivity contribution in [1.82, 2.24) is 0 Å². The third kappa shape index (κ3) is 2.04. The van der Waals surface area contributed by atoms with E-state index in [1.807, 2.05) is 19.1 Å². The van der Waals surface area contributed by atoms with E-state index in [4.69, 9.17) is 14.2 Å². The second kappa shape index (κ2) is 5.09. The molecule has 0 amide bonds. The maximum atomic E-state index is 11.6. The number of carbonyl (C=O) groups is 1. The van der Waals surface area contributed by atoms with Crippen molar-refractivity contribution in [2.75, 3.05) is 20.8 Å². The maximum Gasteiger partial charge on any atom is 0.338 e. The first-order valence-corrected chi connectivity index (χ1v) is 7.03. The molecule has 1 aliphatic carbocycles. The Hall–Kier alpha value is -2.43. The van der Waals surface area contributed by atoms with E-state index in [0.717, 1.165) is 11.1 Å². The first-order chi connectivity index (χ1) is 10.5. The molecular weight excluding hydrogens is 284 g/mol. The van der Waals surface area contributed by atoms with E-state index in [2.05, 4.69) is 0 Å². The van der Waals surface area contributed by atoms with Crippen LogP contribution in [0.3, 0.4) is 0 Å². The highest BCUT2D eigenvalue weighted by atomic mass is 16.5. The molecule has 0 spiro atoms. The van der Waals surface area contributed by atoms with Crippen molar-refractivity contribution < 1.29 is 24.1 Å². The summed E-state index contributed by atoms with van der Waals surface area (Å²) in [6.45, 7) is 2.33. The first-order valence-electron chi connectivity index (χ1n) is 7.03. The standard InChI is InChI=1S/C17H18O5/c1-17(7-6-11-10(8-17)9-22-16(11)19)12-4-5-13(20-2)15(21-3)14(12)18/h4-7,18H,8-9H2,1-3H3. The molecule has 1 atom stereocenters. The molecule has 1 aliphatic heterocycles. The lowest BCUT2D eigenvalue weighted by Gasteiger charge is -2.31. The van der Waals surface area contributed by atoms with E-state index in [1.54, 1.807) is 12.1 Å². The third-order valence-electron chi connectivity index (χ3n) is 4.31. The van der Waals surface area contributed by atoms with Crippen LogP contribution in [0.2, 0.25) is 0 Å². The van der Waals surface area contributed by atoms with Gasteiger partial charge in [-0.25, -0.2) is 4.79 Å². The monoisotopic (exact) mass is 302 g/mol. The van der Waals surface area contributed by atoms with E-state index in [1.165, 1.54) is 14.2 Å². The van der Waals surface area contributed by atoms with Crippen molar-refractivity contribution in [2.24, 2.45) is 0 Å². The Morgan fingerprint density at radius 2 is 2.05 bits per heavy atom. The molecule has 0 saturated carbocycles. The molecule has 2 aliphatic rings. The molecule has 0 aromatic heterocycles. The predicted octanol–water partition coefficient (Wildman–Crippen LogP) is 2.48.